The number of benzene rings is 2. The maximum absolute atomic E-state index is 12.0. The zero-order valence-electron chi connectivity index (χ0n) is 12.8. The molecule has 2 amide bonds. The van der Waals surface area contributed by atoms with E-state index in [1.165, 1.54) is 12.1 Å². The van der Waals surface area contributed by atoms with Crippen molar-refractivity contribution in [2.75, 3.05) is 17.6 Å². The second-order valence-electron chi connectivity index (χ2n) is 5.12. The van der Waals surface area contributed by atoms with Crippen molar-refractivity contribution in [1.29, 1.82) is 0 Å². The van der Waals surface area contributed by atoms with Crippen LogP contribution in [0.25, 0.3) is 0 Å². The summed E-state index contributed by atoms with van der Waals surface area (Å²) in [5.41, 5.74) is 7.93. The molecule has 0 atom stereocenters. The molecule has 0 aliphatic heterocycles. The number of nitrogens with one attached hydrogen (secondary N) is 2. The molecule has 0 bridgehead atoms. The molecule has 2 aromatic rings. The minimum Gasteiger partial charge on any atom is -0.480 e. The second-order valence-corrected chi connectivity index (χ2v) is 5.12. The molecule has 5 N–H and O–H groups in total. The van der Waals surface area contributed by atoms with Gasteiger partial charge in [0, 0.05) is 16.9 Å². The van der Waals surface area contributed by atoms with Crippen LogP contribution in [0.1, 0.15) is 15.9 Å². The van der Waals surface area contributed by atoms with E-state index in [2.05, 4.69) is 10.6 Å². The Morgan fingerprint density at radius 2 is 1.58 bits per heavy atom. The third-order valence-electron chi connectivity index (χ3n) is 3.18. The van der Waals surface area contributed by atoms with Crippen LogP contribution < -0.4 is 16.4 Å². The number of hydrogen-bond acceptors (Lipinski definition) is 4. The predicted molar refractivity (Wildman–Crippen MR) is 89.6 cm³/mol. The van der Waals surface area contributed by atoms with E-state index in [0.717, 1.165) is 5.56 Å². The quantitative estimate of drug-likeness (QED) is 0.595. The fraction of sp³-hybridized carbons (Fsp3) is 0.118. The lowest BCUT2D eigenvalue weighted by Crippen LogP contribution is -2.29. The van der Waals surface area contributed by atoms with E-state index in [1.807, 2.05) is 0 Å². The third kappa shape index (κ3) is 5.13. The van der Waals surface area contributed by atoms with Gasteiger partial charge in [0.2, 0.25) is 5.91 Å². The highest BCUT2D eigenvalue weighted by molar-refractivity contribution is 5.97. The fourth-order valence-corrected chi connectivity index (χ4v) is 1.99. The first-order valence-corrected chi connectivity index (χ1v) is 7.18. The number of anilines is 2. The van der Waals surface area contributed by atoms with E-state index in [4.69, 9.17) is 10.8 Å². The standard InChI is InChI=1S/C17H17N3O4/c18-13-5-1-11(2-6-13)9-15(21)20-14-7-3-12(4-8-14)17(24)19-10-16(22)23/h1-8H,9-10,18H2,(H,19,24)(H,20,21)(H,22,23). The summed E-state index contributed by atoms with van der Waals surface area (Å²) in [5, 5.41) is 13.5. The number of aliphatic carboxylic acids is 1. The van der Waals surface area contributed by atoms with Crippen molar-refractivity contribution < 1.29 is 19.5 Å². The summed E-state index contributed by atoms with van der Waals surface area (Å²) < 4.78 is 0. The monoisotopic (exact) mass is 327 g/mol. The van der Waals surface area contributed by atoms with Gasteiger partial charge in [0.25, 0.3) is 5.91 Å². The molecule has 24 heavy (non-hydrogen) atoms. The van der Waals surface area contributed by atoms with E-state index < -0.39 is 18.4 Å². The molecule has 2 rings (SSSR count). The Hall–Kier alpha value is -3.35. The predicted octanol–water partition coefficient (Wildman–Crippen LogP) is 1.26. The molecule has 0 aromatic heterocycles. The number of rotatable bonds is 6. The largest absolute Gasteiger partial charge is 0.480 e. The topological polar surface area (TPSA) is 122 Å². The molecule has 0 saturated carbocycles. The smallest absolute Gasteiger partial charge is 0.322 e. The molecular weight excluding hydrogens is 310 g/mol. The van der Waals surface area contributed by atoms with E-state index >= 15 is 0 Å². The molecule has 0 spiro atoms. The lowest BCUT2D eigenvalue weighted by Gasteiger charge is -2.07. The van der Waals surface area contributed by atoms with Gasteiger partial charge >= 0.3 is 5.97 Å². The fourth-order valence-electron chi connectivity index (χ4n) is 1.99. The Kier molecular flexibility index (Phi) is 5.51. The van der Waals surface area contributed by atoms with E-state index in [9.17, 15) is 14.4 Å². The lowest BCUT2D eigenvalue weighted by molar-refractivity contribution is -0.135. The Balaban J connectivity index is 1.91. The molecule has 0 radical (unpaired) electrons. The average Bonchev–Trinajstić information content (AvgIpc) is 2.55. The molecule has 7 heteroatoms. The Morgan fingerprint density at radius 3 is 2.17 bits per heavy atom. The maximum Gasteiger partial charge on any atom is 0.322 e. The molecular formula is C17H17N3O4. The summed E-state index contributed by atoms with van der Waals surface area (Å²) >= 11 is 0. The van der Waals surface area contributed by atoms with Crippen LogP contribution in [0.5, 0.6) is 0 Å². The first kappa shape index (κ1) is 17.0. The highest BCUT2D eigenvalue weighted by Gasteiger charge is 2.08. The molecule has 0 heterocycles. The van der Waals surface area contributed by atoms with E-state index in [-0.39, 0.29) is 12.3 Å². The van der Waals surface area contributed by atoms with Crippen molar-refractivity contribution >= 4 is 29.2 Å². The normalized spacial score (nSPS) is 10.0. The van der Waals surface area contributed by atoms with E-state index in [0.29, 0.717) is 16.9 Å². The van der Waals surface area contributed by atoms with Crippen LogP contribution >= 0.6 is 0 Å². The SMILES string of the molecule is Nc1ccc(CC(=O)Nc2ccc(C(=O)NCC(=O)O)cc2)cc1. The van der Waals surface area contributed by atoms with Crippen molar-refractivity contribution in [2.45, 2.75) is 6.42 Å². The van der Waals surface area contributed by atoms with Crippen molar-refractivity contribution in [1.82, 2.24) is 5.32 Å². The van der Waals surface area contributed by atoms with Gasteiger partial charge in [-0.2, -0.15) is 0 Å². The molecule has 2 aromatic carbocycles. The van der Waals surface area contributed by atoms with Crippen LogP contribution in [0.15, 0.2) is 48.5 Å². The Labute approximate surface area is 138 Å². The van der Waals surface area contributed by atoms with Crippen LogP contribution in [0.4, 0.5) is 11.4 Å². The van der Waals surface area contributed by atoms with Crippen LogP contribution in [0.2, 0.25) is 0 Å². The maximum atomic E-state index is 12.0. The Bertz CT molecular complexity index is 739. The highest BCUT2D eigenvalue weighted by Crippen LogP contribution is 2.11. The number of carboxylic acid groups (broad SMARTS) is 1. The van der Waals surface area contributed by atoms with Crippen LogP contribution in [0.3, 0.4) is 0 Å². The van der Waals surface area contributed by atoms with Gasteiger partial charge in [0.05, 0.1) is 6.42 Å². The minimum atomic E-state index is -1.12. The molecule has 0 unspecified atom stereocenters. The number of nitrogen functional groups attached to an aromatic ring is 1. The number of carbonyl (C=O) groups is 3. The van der Waals surface area contributed by atoms with Crippen LogP contribution in [0, 0.1) is 0 Å². The number of carbonyl (C=O) groups excluding carboxylic acids is 2. The van der Waals surface area contributed by atoms with Gasteiger partial charge in [-0.15, -0.1) is 0 Å². The van der Waals surface area contributed by atoms with Gasteiger partial charge in [-0.3, -0.25) is 14.4 Å². The van der Waals surface area contributed by atoms with Gasteiger partial charge in [-0.25, -0.2) is 0 Å². The first-order valence-electron chi connectivity index (χ1n) is 7.18. The van der Waals surface area contributed by atoms with Crippen LogP contribution in [-0.2, 0) is 16.0 Å². The molecule has 0 saturated heterocycles. The van der Waals surface area contributed by atoms with Gasteiger partial charge in [0.15, 0.2) is 0 Å². The molecule has 7 nitrogen and oxygen atoms in total. The summed E-state index contributed by atoms with van der Waals surface area (Å²) in [6.07, 6.45) is 0.209. The molecule has 124 valence electrons. The number of hydrogen-bond donors (Lipinski definition) is 4. The van der Waals surface area contributed by atoms with Crippen molar-refractivity contribution in [2.24, 2.45) is 0 Å². The molecule has 0 aliphatic carbocycles. The van der Waals surface area contributed by atoms with Gasteiger partial charge in [0.1, 0.15) is 6.54 Å². The summed E-state index contributed by atoms with van der Waals surface area (Å²) in [6.45, 7) is -0.446. The Morgan fingerprint density at radius 1 is 0.958 bits per heavy atom. The minimum absolute atomic E-state index is 0.192. The summed E-state index contributed by atoms with van der Waals surface area (Å²) in [7, 11) is 0. The zero-order chi connectivity index (χ0) is 17.5. The van der Waals surface area contributed by atoms with Gasteiger partial charge in [-0.1, -0.05) is 12.1 Å². The van der Waals surface area contributed by atoms with Gasteiger partial charge < -0.3 is 21.5 Å². The van der Waals surface area contributed by atoms with Gasteiger partial charge in [-0.05, 0) is 42.0 Å². The summed E-state index contributed by atoms with van der Waals surface area (Å²) in [6, 6.07) is 13.2. The average molecular weight is 327 g/mol. The number of carboxylic acids is 1. The summed E-state index contributed by atoms with van der Waals surface area (Å²) in [4.78, 5) is 34.1. The summed E-state index contributed by atoms with van der Waals surface area (Å²) in [5.74, 6) is -1.80. The zero-order valence-corrected chi connectivity index (χ0v) is 12.8. The number of nitrogens with two attached hydrogens (primary N) is 1. The highest BCUT2D eigenvalue weighted by atomic mass is 16.4. The van der Waals surface area contributed by atoms with E-state index in [1.54, 1.807) is 36.4 Å². The van der Waals surface area contributed by atoms with Crippen LogP contribution in [-0.4, -0.2) is 29.4 Å². The lowest BCUT2D eigenvalue weighted by atomic mass is 10.1. The number of amides is 2. The molecule has 0 aliphatic rings. The molecule has 0 fully saturated rings. The second kappa shape index (κ2) is 7.77. The van der Waals surface area contributed by atoms with Crippen molar-refractivity contribution in [3.05, 3.63) is 59.7 Å². The third-order valence-corrected chi connectivity index (χ3v) is 3.18. The van der Waals surface area contributed by atoms with Crippen molar-refractivity contribution in [3.8, 4) is 0 Å². The van der Waals surface area contributed by atoms with Crippen molar-refractivity contribution in [3.63, 3.8) is 0 Å². The first-order chi connectivity index (χ1) is 11.4.